The zero-order valence-corrected chi connectivity index (χ0v) is 8.60. The lowest BCUT2D eigenvalue weighted by atomic mass is 9.94. The van der Waals surface area contributed by atoms with Gasteiger partial charge in [-0.1, -0.05) is 51.2 Å². The van der Waals surface area contributed by atoms with E-state index < -0.39 is 0 Å². The standard InChI is InChI=1S/C12H22/c1-3-5-6-11(4-2)7-8-12-9-10-12/h9,11H,3-8,10H2,1-2H3. The van der Waals surface area contributed by atoms with Gasteiger partial charge in [0.15, 0.2) is 0 Å². The van der Waals surface area contributed by atoms with E-state index >= 15 is 0 Å². The molecular formula is C12H22. The summed E-state index contributed by atoms with van der Waals surface area (Å²) in [7, 11) is 0. The van der Waals surface area contributed by atoms with E-state index in [9.17, 15) is 0 Å². The molecule has 1 atom stereocenters. The summed E-state index contributed by atoms with van der Waals surface area (Å²) >= 11 is 0. The third kappa shape index (κ3) is 3.94. The van der Waals surface area contributed by atoms with Crippen molar-refractivity contribution >= 4 is 0 Å². The predicted molar refractivity (Wildman–Crippen MR) is 55.2 cm³/mol. The summed E-state index contributed by atoms with van der Waals surface area (Å²) in [5.74, 6) is 1.01. The molecule has 0 saturated carbocycles. The van der Waals surface area contributed by atoms with Crippen molar-refractivity contribution in [2.45, 2.75) is 58.8 Å². The van der Waals surface area contributed by atoms with E-state index in [1.165, 1.54) is 44.9 Å². The van der Waals surface area contributed by atoms with Crippen LogP contribution in [0.4, 0.5) is 0 Å². The Morgan fingerprint density at radius 1 is 1.33 bits per heavy atom. The predicted octanol–water partition coefficient (Wildman–Crippen LogP) is 4.31. The lowest BCUT2D eigenvalue weighted by Gasteiger charge is -2.12. The van der Waals surface area contributed by atoms with Crippen molar-refractivity contribution in [3.63, 3.8) is 0 Å². The molecule has 0 nitrogen and oxygen atoms in total. The molecule has 0 heterocycles. The highest BCUT2D eigenvalue weighted by Crippen LogP contribution is 2.28. The van der Waals surface area contributed by atoms with Crippen LogP contribution < -0.4 is 0 Å². The Morgan fingerprint density at radius 2 is 2.08 bits per heavy atom. The SMILES string of the molecule is CCCCC(CC)CCC1=CC1. The van der Waals surface area contributed by atoms with Gasteiger partial charge in [0.1, 0.15) is 0 Å². The number of rotatable bonds is 7. The Balaban J connectivity index is 2.02. The third-order valence-electron chi connectivity index (χ3n) is 2.91. The molecule has 0 radical (unpaired) electrons. The lowest BCUT2D eigenvalue weighted by Crippen LogP contribution is -1.98. The van der Waals surface area contributed by atoms with E-state index in [0.29, 0.717) is 0 Å². The topological polar surface area (TPSA) is 0 Å². The highest BCUT2D eigenvalue weighted by molar-refractivity contribution is 5.21. The molecule has 0 saturated heterocycles. The van der Waals surface area contributed by atoms with E-state index in [1.807, 2.05) is 0 Å². The molecule has 1 aliphatic carbocycles. The van der Waals surface area contributed by atoms with Crippen molar-refractivity contribution in [2.24, 2.45) is 5.92 Å². The lowest BCUT2D eigenvalue weighted by molar-refractivity contribution is 0.422. The quantitative estimate of drug-likeness (QED) is 0.494. The second-order valence-corrected chi connectivity index (χ2v) is 4.02. The first-order chi connectivity index (χ1) is 5.86. The van der Waals surface area contributed by atoms with Crippen LogP contribution in [0.1, 0.15) is 58.8 Å². The molecule has 0 aromatic carbocycles. The number of hydrogen-bond donors (Lipinski definition) is 0. The van der Waals surface area contributed by atoms with Crippen molar-refractivity contribution in [3.8, 4) is 0 Å². The van der Waals surface area contributed by atoms with Gasteiger partial charge in [0.2, 0.25) is 0 Å². The first-order valence-corrected chi connectivity index (χ1v) is 5.54. The summed E-state index contributed by atoms with van der Waals surface area (Å²) in [5.41, 5.74) is 1.71. The molecule has 1 aliphatic rings. The second kappa shape index (κ2) is 5.40. The molecule has 1 unspecified atom stereocenters. The Morgan fingerprint density at radius 3 is 2.58 bits per heavy atom. The van der Waals surface area contributed by atoms with Crippen molar-refractivity contribution in [1.29, 1.82) is 0 Å². The van der Waals surface area contributed by atoms with Crippen LogP contribution in [0.25, 0.3) is 0 Å². The molecule has 0 aromatic rings. The highest BCUT2D eigenvalue weighted by atomic mass is 14.2. The average molecular weight is 166 g/mol. The molecular weight excluding hydrogens is 144 g/mol. The first kappa shape index (κ1) is 9.83. The van der Waals surface area contributed by atoms with Gasteiger partial charge in [0.25, 0.3) is 0 Å². The van der Waals surface area contributed by atoms with Crippen LogP contribution in [-0.4, -0.2) is 0 Å². The van der Waals surface area contributed by atoms with Crippen LogP contribution in [-0.2, 0) is 0 Å². The third-order valence-corrected chi connectivity index (χ3v) is 2.91. The Bertz CT molecular complexity index is 144. The van der Waals surface area contributed by atoms with Crippen LogP contribution >= 0.6 is 0 Å². The molecule has 0 bridgehead atoms. The molecule has 0 aromatic heterocycles. The zero-order chi connectivity index (χ0) is 8.81. The van der Waals surface area contributed by atoms with E-state index in [4.69, 9.17) is 0 Å². The Labute approximate surface area is 77.1 Å². The maximum Gasteiger partial charge on any atom is -0.0136 e. The van der Waals surface area contributed by atoms with Gasteiger partial charge >= 0.3 is 0 Å². The highest BCUT2D eigenvalue weighted by Gasteiger charge is 2.10. The van der Waals surface area contributed by atoms with Gasteiger partial charge in [-0.15, -0.1) is 0 Å². The van der Waals surface area contributed by atoms with Crippen molar-refractivity contribution in [1.82, 2.24) is 0 Å². The fourth-order valence-electron chi connectivity index (χ4n) is 1.71. The van der Waals surface area contributed by atoms with Gasteiger partial charge < -0.3 is 0 Å². The number of allylic oxidation sites excluding steroid dienone is 2. The summed E-state index contributed by atoms with van der Waals surface area (Å²) in [6.07, 6.45) is 12.2. The molecule has 0 heteroatoms. The summed E-state index contributed by atoms with van der Waals surface area (Å²) in [6, 6.07) is 0. The van der Waals surface area contributed by atoms with Gasteiger partial charge in [0, 0.05) is 0 Å². The molecule has 0 fully saturated rings. The van der Waals surface area contributed by atoms with E-state index in [0.717, 1.165) is 5.92 Å². The van der Waals surface area contributed by atoms with Crippen LogP contribution in [0.5, 0.6) is 0 Å². The normalized spacial score (nSPS) is 17.3. The summed E-state index contributed by atoms with van der Waals surface area (Å²) in [5, 5.41) is 0. The zero-order valence-electron chi connectivity index (χ0n) is 8.60. The van der Waals surface area contributed by atoms with Crippen LogP contribution in [0.15, 0.2) is 11.6 Å². The van der Waals surface area contributed by atoms with E-state index in [1.54, 1.807) is 5.57 Å². The van der Waals surface area contributed by atoms with Crippen LogP contribution in [0.2, 0.25) is 0 Å². The molecule has 0 amide bonds. The molecule has 12 heavy (non-hydrogen) atoms. The van der Waals surface area contributed by atoms with Crippen molar-refractivity contribution in [3.05, 3.63) is 11.6 Å². The minimum absolute atomic E-state index is 1.01. The summed E-state index contributed by atoms with van der Waals surface area (Å²) < 4.78 is 0. The molecule has 0 spiro atoms. The minimum Gasteiger partial charge on any atom is -0.0810 e. The monoisotopic (exact) mass is 166 g/mol. The Kier molecular flexibility index (Phi) is 4.42. The summed E-state index contributed by atoms with van der Waals surface area (Å²) in [4.78, 5) is 0. The molecule has 70 valence electrons. The number of hydrogen-bond acceptors (Lipinski definition) is 0. The van der Waals surface area contributed by atoms with Gasteiger partial charge in [-0.05, 0) is 25.2 Å². The average Bonchev–Trinajstić information content (AvgIpc) is 2.89. The fourth-order valence-corrected chi connectivity index (χ4v) is 1.71. The maximum absolute atomic E-state index is 2.37. The van der Waals surface area contributed by atoms with E-state index in [-0.39, 0.29) is 0 Å². The van der Waals surface area contributed by atoms with Gasteiger partial charge in [0.05, 0.1) is 0 Å². The molecule has 0 N–H and O–H groups in total. The van der Waals surface area contributed by atoms with Crippen molar-refractivity contribution in [2.75, 3.05) is 0 Å². The Hall–Kier alpha value is -0.260. The fraction of sp³-hybridized carbons (Fsp3) is 0.833. The maximum atomic E-state index is 2.37. The molecule has 1 rings (SSSR count). The van der Waals surface area contributed by atoms with Crippen LogP contribution in [0.3, 0.4) is 0 Å². The minimum atomic E-state index is 1.01. The van der Waals surface area contributed by atoms with E-state index in [2.05, 4.69) is 19.9 Å². The largest absolute Gasteiger partial charge is 0.0810 e. The molecule has 0 aliphatic heterocycles. The van der Waals surface area contributed by atoms with Gasteiger partial charge in [-0.25, -0.2) is 0 Å². The number of unbranched alkanes of at least 4 members (excludes halogenated alkanes) is 1. The summed E-state index contributed by atoms with van der Waals surface area (Å²) in [6.45, 7) is 4.62. The van der Waals surface area contributed by atoms with Gasteiger partial charge in [-0.3, -0.25) is 0 Å². The van der Waals surface area contributed by atoms with Crippen LogP contribution in [0, 0.1) is 5.92 Å². The smallest absolute Gasteiger partial charge is 0.0136 e. The first-order valence-electron chi connectivity index (χ1n) is 5.54. The second-order valence-electron chi connectivity index (χ2n) is 4.02. The van der Waals surface area contributed by atoms with Crippen molar-refractivity contribution < 1.29 is 0 Å². The van der Waals surface area contributed by atoms with Gasteiger partial charge in [-0.2, -0.15) is 0 Å².